The van der Waals surface area contributed by atoms with Crippen LogP contribution in [0, 0.1) is 4.77 Å². The van der Waals surface area contributed by atoms with Crippen LogP contribution in [0.25, 0.3) is 10.7 Å². The molecule has 0 aliphatic rings. The monoisotopic (exact) mass is 255 g/mol. The van der Waals surface area contributed by atoms with Gasteiger partial charge in [0.2, 0.25) is 0 Å². The van der Waals surface area contributed by atoms with E-state index in [2.05, 4.69) is 10.2 Å². The third-order valence-corrected chi connectivity index (χ3v) is 3.34. The molecule has 2 rings (SSSR count). The number of H-pyrrole nitrogens is 1. The molecule has 1 atom stereocenters. The Bertz CT molecular complexity index is 556. The van der Waals surface area contributed by atoms with Crippen LogP contribution in [-0.2, 0) is 4.79 Å². The van der Waals surface area contributed by atoms with Gasteiger partial charge in [0.1, 0.15) is 6.04 Å². The second kappa shape index (κ2) is 4.18. The Balaban J connectivity index is 2.57. The van der Waals surface area contributed by atoms with Gasteiger partial charge in [-0.05, 0) is 30.6 Å². The highest BCUT2D eigenvalue weighted by Crippen LogP contribution is 2.25. The van der Waals surface area contributed by atoms with E-state index in [1.807, 2.05) is 17.5 Å². The molecule has 0 bridgehead atoms. The fourth-order valence-corrected chi connectivity index (χ4v) is 2.35. The van der Waals surface area contributed by atoms with Crippen LogP contribution in [0.5, 0.6) is 0 Å². The Labute approximate surface area is 100 Å². The number of nitrogens with one attached hydrogen (secondary N) is 1. The summed E-state index contributed by atoms with van der Waals surface area (Å²) in [5.74, 6) is -0.370. The minimum Gasteiger partial charge on any atom is -0.480 e. The summed E-state index contributed by atoms with van der Waals surface area (Å²) in [5.41, 5.74) is 0. The smallest absolute Gasteiger partial charge is 0.326 e. The number of aromatic amines is 1. The highest BCUT2D eigenvalue weighted by Gasteiger charge is 2.20. The number of aromatic nitrogens is 3. The lowest BCUT2D eigenvalue weighted by Crippen LogP contribution is -2.16. The van der Waals surface area contributed by atoms with E-state index >= 15 is 0 Å². The first-order valence-corrected chi connectivity index (χ1v) is 5.83. The molecular formula is C9H9N3O2S2. The molecular weight excluding hydrogens is 246 g/mol. The van der Waals surface area contributed by atoms with Crippen LogP contribution in [0.3, 0.4) is 0 Å². The summed E-state index contributed by atoms with van der Waals surface area (Å²) in [5, 5.41) is 17.6. The average molecular weight is 255 g/mol. The maximum atomic E-state index is 11.0. The highest BCUT2D eigenvalue weighted by molar-refractivity contribution is 7.71. The van der Waals surface area contributed by atoms with Crippen molar-refractivity contribution in [2.24, 2.45) is 0 Å². The zero-order valence-electron chi connectivity index (χ0n) is 8.38. The quantitative estimate of drug-likeness (QED) is 0.826. The largest absolute Gasteiger partial charge is 0.480 e. The lowest BCUT2D eigenvalue weighted by molar-refractivity contribution is -0.140. The molecule has 0 aromatic carbocycles. The predicted molar refractivity (Wildman–Crippen MR) is 63.1 cm³/mol. The third-order valence-electron chi connectivity index (χ3n) is 2.19. The first-order chi connectivity index (χ1) is 7.61. The number of carboxylic acid groups (broad SMARTS) is 1. The van der Waals surface area contributed by atoms with Crippen molar-refractivity contribution in [3.05, 3.63) is 22.3 Å². The summed E-state index contributed by atoms with van der Waals surface area (Å²) in [7, 11) is 0. The number of rotatable bonds is 3. The Morgan fingerprint density at radius 1 is 1.75 bits per heavy atom. The fraction of sp³-hybridized carbons (Fsp3) is 0.222. The van der Waals surface area contributed by atoms with Crippen molar-refractivity contribution < 1.29 is 9.90 Å². The molecule has 2 N–H and O–H groups in total. The van der Waals surface area contributed by atoms with Crippen LogP contribution in [0.1, 0.15) is 13.0 Å². The van der Waals surface area contributed by atoms with E-state index in [-0.39, 0.29) is 0 Å². The summed E-state index contributed by atoms with van der Waals surface area (Å²) >= 11 is 6.52. The Morgan fingerprint density at radius 3 is 3.06 bits per heavy atom. The van der Waals surface area contributed by atoms with E-state index in [0.717, 1.165) is 4.88 Å². The number of hydrogen-bond donors (Lipinski definition) is 2. The first kappa shape index (κ1) is 11.0. The van der Waals surface area contributed by atoms with E-state index in [1.165, 1.54) is 15.9 Å². The number of thiophene rings is 1. The average Bonchev–Trinajstić information content (AvgIpc) is 2.84. The summed E-state index contributed by atoms with van der Waals surface area (Å²) in [6.07, 6.45) is 0. The lowest BCUT2D eigenvalue weighted by Gasteiger charge is -2.09. The SMILES string of the molecule is C[C@H](C(=O)O)n1c(-c2cccs2)n[nH]c1=S. The molecule has 0 aliphatic heterocycles. The van der Waals surface area contributed by atoms with Gasteiger partial charge in [0.15, 0.2) is 10.6 Å². The summed E-state index contributed by atoms with van der Waals surface area (Å²) in [6.45, 7) is 1.57. The Kier molecular flexibility index (Phi) is 2.88. The normalized spacial score (nSPS) is 12.6. The maximum absolute atomic E-state index is 11.0. The Hall–Kier alpha value is -1.47. The molecule has 84 valence electrons. The minimum absolute atomic E-state index is 0.318. The van der Waals surface area contributed by atoms with Crippen LogP contribution in [0.4, 0.5) is 0 Å². The van der Waals surface area contributed by atoms with Gasteiger partial charge >= 0.3 is 5.97 Å². The van der Waals surface area contributed by atoms with Crippen molar-refractivity contribution in [3.63, 3.8) is 0 Å². The van der Waals surface area contributed by atoms with Crippen molar-refractivity contribution in [1.82, 2.24) is 14.8 Å². The number of hydrogen-bond acceptors (Lipinski definition) is 4. The van der Waals surface area contributed by atoms with Gasteiger partial charge in [0.05, 0.1) is 4.88 Å². The van der Waals surface area contributed by atoms with Gasteiger partial charge < -0.3 is 5.11 Å². The zero-order valence-corrected chi connectivity index (χ0v) is 10.0. The van der Waals surface area contributed by atoms with Crippen molar-refractivity contribution in [2.75, 3.05) is 0 Å². The van der Waals surface area contributed by atoms with Gasteiger partial charge in [0, 0.05) is 0 Å². The molecule has 5 nitrogen and oxygen atoms in total. The molecule has 0 amide bonds. The van der Waals surface area contributed by atoms with Gasteiger partial charge in [-0.3, -0.25) is 9.67 Å². The number of aliphatic carboxylic acids is 1. The number of carboxylic acids is 1. The molecule has 0 radical (unpaired) electrons. The summed E-state index contributed by atoms with van der Waals surface area (Å²) in [6, 6.07) is 3.03. The van der Waals surface area contributed by atoms with Crippen LogP contribution in [0.2, 0.25) is 0 Å². The number of carbonyl (C=O) groups is 1. The number of nitrogens with zero attached hydrogens (tertiary/aromatic N) is 2. The van der Waals surface area contributed by atoms with Gasteiger partial charge in [-0.15, -0.1) is 11.3 Å². The third kappa shape index (κ3) is 1.79. The van der Waals surface area contributed by atoms with E-state index in [0.29, 0.717) is 10.6 Å². The van der Waals surface area contributed by atoms with E-state index in [1.54, 1.807) is 6.92 Å². The van der Waals surface area contributed by atoms with E-state index in [4.69, 9.17) is 17.3 Å². The van der Waals surface area contributed by atoms with Crippen LogP contribution < -0.4 is 0 Å². The van der Waals surface area contributed by atoms with Crippen LogP contribution >= 0.6 is 23.6 Å². The topological polar surface area (TPSA) is 70.9 Å². The standard InChI is InChI=1S/C9H9N3O2S2/c1-5(8(13)14)12-7(10-11-9(12)15)6-3-2-4-16-6/h2-5H,1H3,(H,11,15)(H,13,14)/t5-/m1/s1. The lowest BCUT2D eigenvalue weighted by atomic mass is 10.3. The van der Waals surface area contributed by atoms with Gasteiger partial charge in [-0.2, -0.15) is 5.10 Å². The van der Waals surface area contributed by atoms with Crippen molar-refractivity contribution in [1.29, 1.82) is 0 Å². The van der Waals surface area contributed by atoms with E-state index < -0.39 is 12.0 Å². The first-order valence-electron chi connectivity index (χ1n) is 4.55. The van der Waals surface area contributed by atoms with Gasteiger partial charge in [-0.1, -0.05) is 6.07 Å². The minimum atomic E-state index is -0.935. The van der Waals surface area contributed by atoms with Crippen molar-refractivity contribution >= 4 is 29.5 Å². The molecule has 0 spiro atoms. The molecule has 0 saturated heterocycles. The predicted octanol–water partition coefficient (Wildman–Crippen LogP) is 2.31. The maximum Gasteiger partial charge on any atom is 0.326 e. The summed E-state index contributed by atoms with van der Waals surface area (Å²) < 4.78 is 1.82. The van der Waals surface area contributed by atoms with Gasteiger partial charge in [-0.25, -0.2) is 4.79 Å². The van der Waals surface area contributed by atoms with Crippen LogP contribution in [0.15, 0.2) is 17.5 Å². The zero-order chi connectivity index (χ0) is 11.7. The molecule has 0 saturated carbocycles. The van der Waals surface area contributed by atoms with Crippen molar-refractivity contribution in [2.45, 2.75) is 13.0 Å². The fourth-order valence-electron chi connectivity index (χ4n) is 1.35. The van der Waals surface area contributed by atoms with Crippen LogP contribution in [-0.4, -0.2) is 25.8 Å². The molecule has 7 heteroatoms. The van der Waals surface area contributed by atoms with Gasteiger partial charge in [0.25, 0.3) is 0 Å². The molecule has 0 fully saturated rings. The Morgan fingerprint density at radius 2 is 2.50 bits per heavy atom. The summed E-state index contributed by atoms with van der Waals surface area (Å²) in [4.78, 5) is 11.9. The van der Waals surface area contributed by atoms with E-state index in [9.17, 15) is 4.79 Å². The molecule has 2 aromatic rings. The molecule has 2 aromatic heterocycles. The molecule has 16 heavy (non-hydrogen) atoms. The molecule has 0 unspecified atom stereocenters. The molecule has 0 aliphatic carbocycles. The highest BCUT2D eigenvalue weighted by atomic mass is 32.1. The second-order valence-electron chi connectivity index (χ2n) is 3.21. The van der Waals surface area contributed by atoms with Crippen molar-refractivity contribution in [3.8, 4) is 10.7 Å². The second-order valence-corrected chi connectivity index (χ2v) is 4.55. The molecule has 2 heterocycles.